The number of nitrogens with zero attached hydrogens (tertiary/aromatic N) is 1. The molecule has 1 heterocycles. The molecule has 1 nitrogen and oxygen atoms in total. The van der Waals surface area contributed by atoms with Gasteiger partial charge in [-0.25, -0.2) is 4.39 Å². The average Bonchev–Trinajstić information content (AvgIpc) is 2.31. The first-order valence-corrected chi connectivity index (χ1v) is 5.17. The summed E-state index contributed by atoms with van der Waals surface area (Å²) in [6, 6.07) is 13.9. The van der Waals surface area contributed by atoms with Crippen molar-refractivity contribution in [1.82, 2.24) is 4.98 Å². The molecule has 0 N–H and O–H groups in total. The summed E-state index contributed by atoms with van der Waals surface area (Å²) in [5, 5.41) is 0. The second kappa shape index (κ2) is 9.39. The summed E-state index contributed by atoms with van der Waals surface area (Å²) in [5.74, 6) is -0.287. The van der Waals surface area contributed by atoms with Crippen molar-refractivity contribution in [3.63, 3.8) is 0 Å². The topological polar surface area (TPSA) is 12.9 Å². The molecule has 3 heteroatoms. The van der Waals surface area contributed by atoms with Gasteiger partial charge in [-0.15, -0.1) is 12.1 Å². The molecule has 0 spiro atoms. The van der Waals surface area contributed by atoms with Crippen molar-refractivity contribution in [1.29, 1.82) is 0 Å². The zero-order valence-electron chi connectivity index (χ0n) is 10.00. The second-order valence-electron chi connectivity index (χ2n) is 3.31. The van der Waals surface area contributed by atoms with Crippen molar-refractivity contribution in [3.8, 4) is 0 Å². The van der Waals surface area contributed by atoms with Gasteiger partial charge < -0.3 is 4.98 Å². The van der Waals surface area contributed by atoms with Crippen molar-refractivity contribution in [2.45, 2.75) is 20.3 Å². The Hall–Kier alpha value is -0.648. The monoisotopic (exact) mass is 453 g/mol. The summed E-state index contributed by atoms with van der Waals surface area (Å²) in [4.78, 5) is 4.07. The SMILES string of the molecule is CCc1c[c-]ccn1.Cc1cc[c-]c(F)c1.[U+2]. The third-order valence-electron chi connectivity index (χ3n) is 1.95. The van der Waals surface area contributed by atoms with E-state index in [9.17, 15) is 4.39 Å². The van der Waals surface area contributed by atoms with Gasteiger partial charge in [0.2, 0.25) is 0 Å². The molecule has 0 atom stereocenters. The van der Waals surface area contributed by atoms with Crippen molar-refractivity contribution >= 4 is 0 Å². The van der Waals surface area contributed by atoms with Gasteiger partial charge in [-0.05, 0) is 0 Å². The van der Waals surface area contributed by atoms with Crippen LogP contribution in [0.2, 0.25) is 0 Å². The van der Waals surface area contributed by atoms with Crippen LogP contribution in [0, 0.1) is 56.0 Å². The molecule has 0 aliphatic carbocycles. The fourth-order valence-corrected chi connectivity index (χ4v) is 1.09. The van der Waals surface area contributed by atoms with Crippen LogP contribution in [-0.4, -0.2) is 4.98 Å². The minimum absolute atomic E-state index is 0. The van der Waals surface area contributed by atoms with Crippen LogP contribution in [0.5, 0.6) is 0 Å². The van der Waals surface area contributed by atoms with Gasteiger partial charge in [0.1, 0.15) is 0 Å². The third-order valence-corrected chi connectivity index (χ3v) is 1.95. The molecule has 0 fully saturated rings. The number of hydrogen-bond donors (Lipinski definition) is 0. The number of rotatable bonds is 1. The molecule has 0 saturated heterocycles. The van der Waals surface area contributed by atoms with Crippen molar-refractivity contribution in [2.24, 2.45) is 0 Å². The predicted octanol–water partition coefficient (Wildman–Crippen LogP) is 3.38. The molecule has 0 aliphatic heterocycles. The first-order chi connectivity index (χ1) is 7.72. The van der Waals surface area contributed by atoms with Crippen LogP contribution >= 0.6 is 0 Å². The summed E-state index contributed by atoms with van der Waals surface area (Å²) in [7, 11) is 0. The smallest absolute Gasteiger partial charge is 0.388 e. The number of aromatic nitrogens is 1. The number of halogens is 1. The Labute approximate surface area is 126 Å². The van der Waals surface area contributed by atoms with E-state index in [1.807, 2.05) is 19.1 Å². The summed E-state index contributed by atoms with van der Waals surface area (Å²) >= 11 is 0. The Kier molecular flexibility index (Phi) is 9.03. The summed E-state index contributed by atoms with van der Waals surface area (Å²) in [5.41, 5.74) is 2.04. The van der Waals surface area contributed by atoms with Gasteiger partial charge in [0, 0.05) is 5.82 Å². The number of pyridine rings is 1. The Balaban J connectivity index is 0.000000284. The molecule has 1 aromatic heterocycles. The maximum atomic E-state index is 12.1. The van der Waals surface area contributed by atoms with Crippen LogP contribution < -0.4 is 0 Å². The van der Waals surface area contributed by atoms with E-state index in [0.29, 0.717) is 0 Å². The van der Waals surface area contributed by atoms with Crippen molar-refractivity contribution in [2.75, 3.05) is 0 Å². The molecule has 0 saturated carbocycles. The molecule has 2 aromatic rings. The van der Waals surface area contributed by atoms with Gasteiger partial charge in [0.05, 0.1) is 0 Å². The van der Waals surface area contributed by atoms with E-state index >= 15 is 0 Å². The van der Waals surface area contributed by atoms with Crippen LogP contribution in [-0.2, 0) is 6.42 Å². The molecule has 0 radical (unpaired) electrons. The number of benzene rings is 1. The van der Waals surface area contributed by atoms with Crippen LogP contribution in [0.1, 0.15) is 18.2 Å². The second-order valence-corrected chi connectivity index (χ2v) is 3.31. The standard InChI is InChI=1S/C7H6F.C7H8N.U/c1-6-3-2-4-7(8)5-6;1-2-7-5-3-4-6-8-7;/h2-3,5H,1H3;4-6H,2H2,1H3;/q2*-1;+2. The summed E-state index contributed by atoms with van der Waals surface area (Å²) < 4.78 is 12.1. The first kappa shape index (κ1) is 16.4. The van der Waals surface area contributed by atoms with Gasteiger partial charge in [-0.1, -0.05) is 32.2 Å². The minimum Gasteiger partial charge on any atom is -0.388 e. The Bertz CT molecular complexity index is 400. The molecule has 0 bridgehead atoms. The summed E-state index contributed by atoms with van der Waals surface area (Å²) in [6.07, 6.45) is 2.76. The molecule has 17 heavy (non-hydrogen) atoms. The molecule has 2 rings (SSSR count). The van der Waals surface area contributed by atoms with E-state index in [0.717, 1.165) is 17.7 Å². The van der Waals surface area contributed by atoms with E-state index in [-0.39, 0.29) is 36.9 Å². The zero-order valence-corrected chi connectivity index (χ0v) is 14.2. The molecule has 0 aliphatic rings. The van der Waals surface area contributed by atoms with Gasteiger partial charge in [-0.2, -0.15) is 35.9 Å². The van der Waals surface area contributed by atoms with E-state index in [2.05, 4.69) is 24.0 Å². The average molecular weight is 453 g/mol. The maximum Gasteiger partial charge on any atom is 2.00 e. The zero-order chi connectivity index (χ0) is 11.8. The van der Waals surface area contributed by atoms with Crippen LogP contribution in [0.15, 0.2) is 36.5 Å². The minimum atomic E-state index is -0.287. The fraction of sp³-hybridized carbons (Fsp3) is 0.214. The fourth-order valence-electron chi connectivity index (χ4n) is 1.09. The quantitative estimate of drug-likeness (QED) is 0.604. The number of hydrogen-bond acceptors (Lipinski definition) is 1. The van der Waals surface area contributed by atoms with E-state index in [4.69, 9.17) is 0 Å². The van der Waals surface area contributed by atoms with Crippen molar-refractivity contribution < 1.29 is 35.5 Å². The van der Waals surface area contributed by atoms with Crippen LogP contribution in [0.25, 0.3) is 0 Å². The maximum absolute atomic E-state index is 12.1. The van der Waals surface area contributed by atoms with Gasteiger partial charge >= 0.3 is 31.1 Å². The van der Waals surface area contributed by atoms with E-state index < -0.39 is 0 Å². The van der Waals surface area contributed by atoms with Gasteiger partial charge in [0.25, 0.3) is 0 Å². The Morgan fingerprint density at radius 1 is 1.35 bits per heavy atom. The molecule has 0 amide bonds. The van der Waals surface area contributed by atoms with E-state index in [1.54, 1.807) is 18.3 Å². The Morgan fingerprint density at radius 3 is 2.47 bits per heavy atom. The molecular formula is C14H14FNU. The largest absolute Gasteiger partial charge is 2.00 e. The van der Waals surface area contributed by atoms with Crippen molar-refractivity contribution in [3.05, 3.63) is 65.7 Å². The number of aryl methyl sites for hydroxylation is 2. The predicted molar refractivity (Wildman–Crippen MR) is 62.4 cm³/mol. The summed E-state index contributed by atoms with van der Waals surface area (Å²) in [6.45, 7) is 3.92. The molecule has 0 unspecified atom stereocenters. The third kappa shape index (κ3) is 7.31. The van der Waals surface area contributed by atoms with Crippen LogP contribution in [0.4, 0.5) is 4.39 Å². The normalized spacial score (nSPS) is 8.65. The van der Waals surface area contributed by atoms with Gasteiger partial charge in [-0.3, -0.25) is 0 Å². The van der Waals surface area contributed by atoms with Gasteiger partial charge in [0.15, 0.2) is 0 Å². The van der Waals surface area contributed by atoms with E-state index in [1.165, 1.54) is 6.07 Å². The Morgan fingerprint density at radius 2 is 2.12 bits per heavy atom. The molecule has 86 valence electrons. The first-order valence-electron chi connectivity index (χ1n) is 5.17. The molecular weight excluding hydrogens is 439 g/mol. The van der Waals surface area contributed by atoms with Crippen LogP contribution in [0.3, 0.4) is 0 Å². The molecule has 1 aromatic carbocycles.